The summed E-state index contributed by atoms with van der Waals surface area (Å²) in [7, 11) is 0. The number of hydrogen-bond acceptors (Lipinski definition) is 0. The quantitative estimate of drug-likeness (QED) is 0.347. The summed E-state index contributed by atoms with van der Waals surface area (Å²) in [6.45, 7) is 8.83. The molecule has 0 aromatic heterocycles. The van der Waals surface area contributed by atoms with E-state index in [0.29, 0.717) is 0 Å². The van der Waals surface area contributed by atoms with E-state index >= 15 is 0 Å². The molecule has 0 aliphatic heterocycles. The minimum atomic E-state index is 0. The van der Waals surface area contributed by atoms with Crippen molar-refractivity contribution in [3.63, 3.8) is 0 Å². The minimum absolute atomic E-state index is 0. The van der Waals surface area contributed by atoms with E-state index in [1.165, 1.54) is 34.1 Å². The molecule has 4 heteroatoms. The molecule has 100 valence electrons. The van der Waals surface area contributed by atoms with Gasteiger partial charge in [-0.15, -0.1) is 51.5 Å². The summed E-state index contributed by atoms with van der Waals surface area (Å²) in [6.07, 6.45) is 16.5. The summed E-state index contributed by atoms with van der Waals surface area (Å²) >= 11 is 1.45. The van der Waals surface area contributed by atoms with Gasteiger partial charge in [-0.05, 0) is 0 Å². The van der Waals surface area contributed by atoms with Crippen LogP contribution >= 0.6 is 24.8 Å². The third-order valence-electron chi connectivity index (χ3n) is 1.74. The average molecular weight is 468 g/mol. The van der Waals surface area contributed by atoms with Crippen LogP contribution in [0.1, 0.15) is 26.7 Å². The van der Waals surface area contributed by atoms with Crippen LogP contribution in [0.2, 0.25) is 13.1 Å². The Morgan fingerprint density at radius 2 is 1.22 bits per heavy atom. The van der Waals surface area contributed by atoms with Gasteiger partial charge in [0.15, 0.2) is 0 Å². The van der Waals surface area contributed by atoms with Gasteiger partial charge in [0.1, 0.15) is 0 Å². The normalized spacial score (nSPS) is 13.9. The third-order valence-corrected chi connectivity index (χ3v) is 1.74. The predicted octanol–water partition coefficient (Wildman–Crippen LogP) is 5.02. The first kappa shape index (κ1) is 23.7. The fourth-order valence-corrected chi connectivity index (χ4v) is 0.998. The molecule has 2 aliphatic carbocycles. The van der Waals surface area contributed by atoms with Crippen molar-refractivity contribution in [3.8, 4) is 0 Å². The van der Waals surface area contributed by atoms with Gasteiger partial charge in [-0.1, -0.05) is 0 Å². The van der Waals surface area contributed by atoms with Crippen LogP contribution in [0.5, 0.6) is 0 Å². The first-order valence-corrected chi connectivity index (χ1v) is 13.4. The number of allylic oxidation sites excluding steroid dienone is 8. The molecule has 0 aromatic rings. The van der Waals surface area contributed by atoms with Crippen molar-refractivity contribution >= 4 is 30.3 Å². The molecule has 0 aromatic carbocycles. The molecule has 18 heavy (non-hydrogen) atoms. The molecule has 0 unspecified atom stereocenters. The summed E-state index contributed by atoms with van der Waals surface area (Å²) in [6, 6.07) is 0. The van der Waals surface area contributed by atoms with Gasteiger partial charge >= 0.3 is 41.6 Å². The second-order valence-corrected chi connectivity index (χ2v) is 16.8. The van der Waals surface area contributed by atoms with Gasteiger partial charge in [-0.25, -0.2) is 23.3 Å². The van der Waals surface area contributed by atoms with Gasteiger partial charge in [0.05, 0.1) is 0 Å². The van der Waals surface area contributed by atoms with Crippen molar-refractivity contribution in [3.05, 3.63) is 47.6 Å². The van der Waals surface area contributed by atoms with E-state index in [1.807, 2.05) is 12.2 Å². The number of halogens is 2. The van der Waals surface area contributed by atoms with Crippen molar-refractivity contribution < 1.29 is 23.0 Å². The van der Waals surface area contributed by atoms with Crippen molar-refractivity contribution in [2.75, 3.05) is 0 Å². The molecule has 0 heterocycles. The minimum Gasteiger partial charge on any atom is -0.147 e. The Kier molecular flexibility index (Phi) is 20.7. The second kappa shape index (κ2) is 15.7. The first-order chi connectivity index (χ1) is 7.52. The fraction of sp³-hybridized carbons (Fsp3) is 0.429. The van der Waals surface area contributed by atoms with Gasteiger partial charge in [-0.2, -0.15) is 12.2 Å². The van der Waals surface area contributed by atoms with Crippen molar-refractivity contribution in [2.45, 2.75) is 39.8 Å². The van der Waals surface area contributed by atoms with E-state index in [9.17, 15) is 0 Å². The van der Waals surface area contributed by atoms with Crippen LogP contribution in [0.25, 0.3) is 0 Å². The van der Waals surface area contributed by atoms with Crippen molar-refractivity contribution in [2.24, 2.45) is 0 Å². The summed E-state index contributed by atoms with van der Waals surface area (Å²) in [5.41, 5.74) is 2.94. The zero-order valence-electron chi connectivity index (χ0n) is 11.5. The summed E-state index contributed by atoms with van der Waals surface area (Å²) in [4.78, 5) is 0. The topological polar surface area (TPSA) is 0 Å². The number of rotatable bonds is 0. The molecular weight excluding hydrogens is 446 g/mol. The van der Waals surface area contributed by atoms with Crippen LogP contribution in [0, 0.1) is 12.2 Å². The van der Waals surface area contributed by atoms with Gasteiger partial charge in [-0.3, -0.25) is 12.2 Å². The van der Waals surface area contributed by atoms with E-state index in [4.69, 9.17) is 0 Å². The van der Waals surface area contributed by atoms with Crippen LogP contribution in [-0.2, 0) is 23.0 Å². The molecule has 0 N–H and O–H groups in total. The van der Waals surface area contributed by atoms with Crippen molar-refractivity contribution in [1.29, 1.82) is 0 Å². The first-order valence-electron chi connectivity index (χ1n) is 5.51. The summed E-state index contributed by atoms with van der Waals surface area (Å²) in [5, 5.41) is 0. The third kappa shape index (κ3) is 19.0. The van der Waals surface area contributed by atoms with E-state index in [1.54, 1.807) is 0 Å². The molecule has 0 nitrogen and oxygen atoms in total. The molecule has 0 spiro atoms. The van der Waals surface area contributed by atoms with E-state index in [-0.39, 0.29) is 30.3 Å². The molecular formula is C14H22Cl2HfSi. The average Bonchev–Trinajstić information content (AvgIpc) is 2.78. The monoisotopic (exact) mass is 468 g/mol. The molecule has 0 fully saturated rings. The Morgan fingerprint density at radius 1 is 0.944 bits per heavy atom. The Bertz CT molecular complexity index is 304. The van der Waals surface area contributed by atoms with Gasteiger partial charge in [0.25, 0.3) is 0 Å². The summed E-state index contributed by atoms with van der Waals surface area (Å²) in [5.74, 6) is 0. The van der Waals surface area contributed by atoms with Crippen molar-refractivity contribution in [1.82, 2.24) is 0 Å². The van der Waals surface area contributed by atoms with E-state index < -0.39 is 0 Å². The second-order valence-electron chi connectivity index (χ2n) is 4.00. The SMILES string of the molecule is CC1=CC[C-]=C1.CC1=CC[C-]=C1.C[Si](C)=[Hf+2].Cl.Cl. The van der Waals surface area contributed by atoms with Crippen LogP contribution < -0.4 is 0 Å². The maximum atomic E-state index is 3.05. The van der Waals surface area contributed by atoms with Gasteiger partial charge in [0, 0.05) is 0 Å². The van der Waals surface area contributed by atoms with Crippen LogP contribution in [-0.4, -0.2) is 5.49 Å². The molecule has 0 radical (unpaired) electrons. The van der Waals surface area contributed by atoms with Gasteiger partial charge < -0.3 is 0 Å². The smallest absolute Gasteiger partial charge is 0.147 e. The van der Waals surface area contributed by atoms with E-state index in [0.717, 1.165) is 12.8 Å². The van der Waals surface area contributed by atoms with E-state index in [2.05, 4.69) is 51.2 Å². The molecule has 2 aliphatic rings. The molecule has 0 saturated carbocycles. The van der Waals surface area contributed by atoms with Gasteiger partial charge in [0.2, 0.25) is 0 Å². The Labute approximate surface area is 140 Å². The molecule has 0 bridgehead atoms. The molecule has 2 rings (SSSR count). The number of hydrogen-bond donors (Lipinski definition) is 0. The Balaban J connectivity index is -0.000000182. The zero-order valence-corrected chi connectivity index (χ0v) is 17.8. The predicted molar refractivity (Wildman–Crippen MR) is 84.4 cm³/mol. The Morgan fingerprint density at radius 3 is 1.28 bits per heavy atom. The largest absolute Gasteiger partial charge is 0.147 e. The standard InChI is InChI=1S/2C6H7.C2H6Si.2ClH.Hf/c2*1-6-4-2-3-5-6;1-3-2;;;/h2*4-5H,2H2,1H3;1-2H3;2*1H;/q2*-1;;;;+2. The van der Waals surface area contributed by atoms with Crippen LogP contribution in [0.3, 0.4) is 0 Å². The Hall–Kier alpha value is 0.627. The fourth-order valence-electron chi connectivity index (χ4n) is 0.998. The van der Waals surface area contributed by atoms with Crippen LogP contribution in [0.4, 0.5) is 0 Å². The molecule has 0 amide bonds. The van der Waals surface area contributed by atoms with Crippen LogP contribution in [0.15, 0.2) is 35.5 Å². The zero-order chi connectivity index (χ0) is 12.4. The maximum Gasteiger partial charge on any atom is -0.147 e. The summed E-state index contributed by atoms with van der Waals surface area (Å²) < 4.78 is 0. The molecule has 0 atom stereocenters. The maximum absolute atomic E-state index is 3.05. The molecule has 0 saturated heterocycles.